The zero-order valence-corrected chi connectivity index (χ0v) is 25.7. The molecule has 6 rings (SSSR count). The number of methoxy groups -OCH3 is 1. The molecule has 0 spiro atoms. The van der Waals surface area contributed by atoms with E-state index >= 15 is 0 Å². The molecule has 1 fully saturated rings. The molecule has 218 valence electrons. The summed E-state index contributed by atoms with van der Waals surface area (Å²) in [5, 5.41) is 9.91. The van der Waals surface area contributed by atoms with Crippen molar-refractivity contribution in [2.24, 2.45) is 0 Å². The highest BCUT2D eigenvalue weighted by molar-refractivity contribution is 7.80. The van der Waals surface area contributed by atoms with Crippen LogP contribution >= 0.6 is 23.8 Å². The molecule has 9 heteroatoms. The van der Waals surface area contributed by atoms with Crippen LogP contribution in [0, 0.1) is 13.8 Å². The number of aryl methyl sites for hydroxylation is 1. The maximum absolute atomic E-state index is 13.3. The van der Waals surface area contributed by atoms with E-state index in [1.807, 2.05) is 78.9 Å². The van der Waals surface area contributed by atoms with E-state index in [-0.39, 0.29) is 24.4 Å². The van der Waals surface area contributed by atoms with Gasteiger partial charge in [-0.05, 0) is 79.5 Å². The second kappa shape index (κ2) is 12.1. The van der Waals surface area contributed by atoms with Crippen LogP contribution in [0.4, 0.5) is 5.69 Å². The molecule has 7 nitrogen and oxygen atoms in total. The Morgan fingerprint density at radius 3 is 2.63 bits per heavy atom. The number of aromatic nitrogens is 2. The average molecular weight is 610 g/mol. The van der Waals surface area contributed by atoms with E-state index in [1.54, 1.807) is 13.3 Å². The first-order valence-electron chi connectivity index (χ1n) is 14.1. The normalized spacial score (nSPS) is 16.4. The van der Waals surface area contributed by atoms with E-state index in [4.69, 9.17) is 28.6 Å². The summed E-state index contributed by atoms with van der Waals surface area (Å²) >= 11 is 12.3. The highest BCUT2D eigenvalue weighted by Gasteiger charge is 2.41. The topological polar surface area (TPSA) is 71.4 Å². The van der Waals surface area contributed by atoms with Crippen LogP contribution in [0.2, 0.25) is 5.02 Å². The predicted molar refractivity (Wildman–Crippen MR) is 176 cm³/mol. The summed E-state index contributed by atoms with van der Waals surface area (Å²) in [6.45, 7) is 4.58. The van der Waals surface area contributed by atoms with Crippen LogP contribution in [-0.4, -0.2) is 39.1 Å². The van der Waals surface area contributed by atoms with Crippen molar-refractivity contribution in [1.82, 2.24) is 19.8 Å². The fourth-order valence-electron chi connectivity index (χ4n) is 6.05. The van der Waals surface area contributed by atoms with Crippen LogP contribution in [0.3, 0.4) is 0 Å². The van der Waals surface area contributed by atoms with E-state index in [1.165, 1.54) is 0 Å². The predicted octanol–water partition coefficient (Wildman–Crippen LogP) is 7.31. The van der Waals surface area contributed by atoms with Gasteiger partial charge in [0.15, 0.2) is 5.11 Å². The highest BCUT2D eigenvalue weighted by Crippen LogP contribution is 2.42. The van der Waals surface area contributed by atoms with Gasteiger partial charge in [-0.2, -0.15) is 0 Å². The lowest BCUT2D eigenvalue weighted by Crippen LogP contribution is -2.33. The molecule has 2 atom stereocenters. The Morgan fingerprint density at radius 2 is 1.84 bits per heavy atom. The number of hydrogen-bond donors (Lipinski definition) is 2. The molecule has 3 heterocycles. The average Bonchev–Trinajstić information content (AvgIpc) is 3.50. The SMILES string of the molecule is COc1ccc(Cl)cc1-n1c(C)cc([C@H]2[C@@H](c3ccccn3)NC(=S)N2CCC(=O)Nc2cccc3ccccc23)c1C. The molecule has 0 unspecified atom stereocenters. The number of halogens is 1. The molecule has 1 aliphatic rings. The van der Waals surface area contributed by atoms with E-state index in [9.17, 15) is 4.79 Å². The summed E-state index contributed by atoms with van der Waals surface area (Å²) in [6, 6.07) is 27.2. The van der Waals surface area contributed by atoms with Crippen molar-refractivity contribution in [2.75, 3.05) is 19.0 Å². The molecule has 2 aromatic heterocycles. The zero-order chi connectivity index (χ0) is 30.1. The van der Waals surface area contributed by atoms with Crippen LogP contribution in [0.25, 0.3) is 16.5 Å². The number of pyridine rings is 1. The molecule has 3 aromatic carbocycles. The first kappa shape index (κ1) is 28.7. The number of fused-ring (bicyclic) bond motifs is 1. The van der Waals surface area contributed by atoms with Gasteiger partial charge in [-0.3, -0.25) is 9.78 Å². The summed E-state index contributed by atoms with van der Waals surface area (Å²) in [7, 11) is 1.66. The highest BCUT2D eigenvalue weighted by atomic mass is 35.5. The van der Waals surface area contributed by atoms with Crippen molar-refractivity contribution in [3.8, 4) is 11.4 Å². The van der Waals surface area contributed by atoms with Gasteiger partial charge in [0.05, 0.1) is 30.6 Å². The minimum Gasteiger partial charge on any atom is -0.495 e. The van der Waals surface area contributed by atoms with Crippen LogP contribution in [0.15, 0.2) is 91.1 Å². The van der Waals surface area contributed by atoms with Crippen molar-refractivity contribution in [3.63, 3.8) is 0 Å². The number of nitrogens with one attached hydrogen (secondary N) is 2. The van der Waals surface area contributed by atoms with Gasteiger partial charge in [0.1, 0.15) is 5.75 Å². The molecule has 0 radical (unpaired) electrons. The lowest BCUT2D eigenvalue weighted by Gasteiger charge is -2.28. The number of hydrogen-bond acceptors (Lipinski definition) is 4. The molecule has 0 bridgehead atoms. The van der Waals surface area contributed by atoms with Crippen LogP contribution in [0.5, 0.6) is 5.75 Å². The van der Waals surface area contributed by atoms with Crippen LogP contribution in [-0.2, 0) is 4.79 Å². The Hall–Kier alpha value is -4.40. The van der Waals surface area contributed by atoms with Crippen molar-refractivity contribution in [1.29, 1.82) is 0 Å². The summed E-state index contributed by atoms with van der Waals surface area (Å²) in [4.78, 5) is 20.1. The van der Waals surface area contributed by atoms with E-state index in [2.05, 4.69) is 45.0 Å². The zero-order valence-electron chi connectivity index (χ0n) is 24.2. The fourth-order valence-corrected chi connectivity index (χ4v) is 6.55. The maximum atomic E-state index is 13.3. The quantitative estimate of drug-likeness (QED) is 0.180. The molecule has 5 aromatic rings. The summed E-state index contributed by atoms with van der Waals surface area (Å²) in [6.07, 6.45) is 2.05. The molecule has 1 aliphatic heterocycles. The number of nitrogens with zero attached hydrogens (tertiary/aromatic N) is 3. The van der Waals surface area contributed by atoms with Gasteiger partial charge in [-0.25, -0.2) is 0 Å². The molecular weight excluding hydrogens is 578 g/mol. The summed E-state index contributed by atoms with van der Waals surface area (Å²) in [5.74, 6) is 0.648. The first-order chi connectivity index (χ1) is 20.9. The molecule has 1 amide bonds. The second-order valence-corrected chi connectivity index (χ2v) is 11.4. The Bertz CT molecular complexity index is 1820. The minimum atomic E-state index is -0.204. The Balaban J connectivity index is 1.33. The smallest absolute Gasteiger partial charge is 0.226 e. The van der Waals surface area contributed by atoms with E-state index < -0.39 is 0 Å². The molecule has 2 N–H and O–H groups in total. The van der Waals surface area contributed by atoms with Gasteiger partial charge in [-0.15, -0.1) is 0 Å². The van der Waals surface area contributed by atoms with Gasteiger partial charge in [0.2, 0.25) is 5.91 Å². The van der Waals surface area contributed by atoms with Crippen molar-refractivity contribution in [2.45, 2.75) is 32.4 Å². The molecule has 0 aliphatic carbocycles. The van der Waals surface area contributed by atoms with Gasteiger partial charge >= 0.3 is 0 Å². The minimum absolute atomic E-state index is 0.0756. The van der Waals surface area contributed by atoms with Crippen LogP contribution < -0.4 is 15.4 Å². The Kier molecular flexibility index (Phi) is 8.06. The Labute approximate surface area is 261 Å². The number of anilines is 1. The number of amides is 1. The number of carbonyl (C=O) groups is 1. The first-order valence-corrected chi connectivity index (χ1v) is 14.9. The molecule has 1 saturated heterocycles. The molecule has 43 heavy (non-hydrogen) atoms. The lowest BCUT2D eigenvalue weighted by atomic mass is 9.96. The number of carbonyl (C=O) groups excluding carboxylic acids is 1. The van der Waals surface area contributed by atoms with Crippen molar-refractivity contribution >= 4 is 51.3 Å². The summed E-state index contributed by atoms with van der Waals surface area (Å²) in [5.41, 5.74) is 5.67. The maximum Gasteiger partial charge on any atom is 0.226 e. The van der Waals surface area contributed by atoms with Crippen LogP contribution in [0.1, 0.15) is 41.1 Å². The molecule has 0 saturated carbocycles. The third-order valence-corrected chi connectivity index (χ3v) is 8.60. The van der Waals surface area contributed by atoms with Gasteiger partial charge in [0.25, 0.3) is 0 Å². The summed E-state index contributed by atoms with van der Waals surface area (Å²) < 4.78 is 7.85. The van der Waals surface area contributed by atoms with Gasteiger partial charge in [-0.1, -0.05) is 54.1 Å². The number of benzene rings is 3. The van der Waals surface area contributed by atoms with Gasteiger partial charge < -0.3 is 24.8 Å². The molecular formula is C34H32ClN5O2S. The number of rotatable bonds is 8. The fraction of sp³-hybridized carbons (Fsp3) is 0.206. The standard InChI is InChI=1S/C34H32ClN5O2S/c1-21-19-26(22(2)40(21)29-20-24(35)14-15-30(29)42-3)33-32(28-12-6-7-17-36-28)38-34(43)39(33)18-16-31(41)37-27-13-8-10-23-9-4-5-11-25(23)27/h4-15,17,19-20,32-33H,16,18H2,1-3H3,(H,37,41)(H,38,43)/t32-,33+/m1/s1. The van der Waals surface area contributed by atoms with Gasteiger partial charge in [0, 0.05) is 46.6 Å². The van der Waals surface area contributed by atoms with Crippen molar-refractivity contribution < 1.29 is 9.53 Å². The third kappa shape index (κ3) is 5.56. The second-order valence-electron chi connectivity index (χ2n) is 10.6. The van der Waals surface area contributed by atoms with E-state index in [0.29, 0.717) is 16.7 Å². The number of thiocarbonyl (C=S) groups is 1. The Morgan fingerprint density at radius 1 is 1.05 bits per heavy atom. The monoisotopic (exact) mass is 609 g/mol. The van der Waals surface area contributed by atoms with E-state index in [0.717, 1.165) is 50.5 Å². The van der Waals surface area contributed by atoms with Crippen molar-refractivity contribution in [3.05, 3.63) is 119 Å². The number of ether oxygens (including phenoxy) is 1. The largest absolute Gasteiger partial charge is 0.495 e. The third-order valence-electron chi connectivity index (χ3n) is 8.01. The lowest BCUT2D eigenvalue weighted by molar-refractivity contribution is -0.116.